The summed E-state index contributed by atoms with van der Waals surface area (Å²) in [6.07, 6.45) is 2.31. The van der Waals surface area contributed by atoms with Crippen LogP contribution in [0.15, 0.2) is 35.4 Å². The first-order valence-corrected chi connectivity index (χ1v) is 8.22. The summed E-state index contributed by atoms with van der Waals surface area (Å²) in [6, 6.07) is 6.44. The van der Waals surface area contributed by atoms with Crippen LogP contribution < -0.4 is 10.5 Å². The van der Waals surface area contributed by atoms with Gasteiger partial charge in [-0.3, -0.25) is 9.40 Å². The molecule has 0 saturated heterocycles. The highest BCUT2D eigenvalue weighted by atomic mass is 32.2. The van der Waals surface area contributed by atoms with Crippen molar-refractivity contribution in [3.05, 3.63) is 41.7 Å². The van der Waals surface area contributed by atoms with Crippen molar-refractivity contribution in [2.24, 2.45) is 12.8 Å². The van der Waals surface area contributed by atoms with Gasteiger partial charge in [-0.05, 0) is 31.0 Å². The Hall–Kier alpha value is -1.86. The predicted molar refractivity (Wildman–Crippen MR) is 82.4 cm³/mol. The molecule has 1 heterocycles. The van der Waals surface area contributed by atoms with E-state index in [1.165, 1.54) is 0 Å². The molecule has 0 amide bonds. The number of anilines is 1. The molecular weight excluding hydrogens is 288 g/mol. The molecule has 2 rings (SSSR count). The van der Waals surface area contributed by atoms with Crippen LogP contribution in [0.2, 0.25) is 0 Å². The van der Waals surface area contributed by atoms with E-state index >= 15 is 0 Å². The van der Waals surface area contributed by atoms with Gasteiger partial charge in [-0.25, -0.2) is 8.42 Å². The number of hydrogen-bond donors (Lipinski definition) is 2. The number of hydrogen-bond acceptors (Lipinski definition) is 4. The van der Waals surface area contributed by atoms with Crippen LogP contribution in [0, 0.1) is 0 Å². The zero-order valence-corrected chi connectivity index (χ0v) is 13.2. The molecule has 0 aliphatic rings. The third kappa shape index (κ3) is 3.43. The summed E-state index contributed by atoms with van der Waals surface area (Å²) in [5, 5.41) is 4.22. The number of aryl methyl sites for hydroxylation is 2. The van der Waals surface area contributed by atoms with Gasteiger partial charge in [0, 0.05) is 19.3 Å². The molecule has 0 radical (unpaired) electrons. The lowest BCUT2D eigenvalue weighted by atomic mass is 10.1. The molecule has 0 spiro atoms. The molecule has 3 N–H and O–H groups in total. The zero-order chi connectivity index (χ0) is 15.6. The van der Waals surface area contributed by atoms with Crippen molar-refractivity contribution in [3.63, 3.8) is 0 Å². The van der Waals surface area contributed by atoms with E-state index in [-0.39, 0.29) is 10.9 Å². The highest BCUT2D eigenvalue weighted by Gasteiger charge is 2.17. The van der Waals surface area contributed by atoms with Crippen LogP contribution in [-0.4, -0.2) is 18.2 Å². The van der Waals surface area contributed by atoms with E-state index in [9.17, 15) is 8.42 Å². The predicted octanol–water partition coefficient (Wildman–Crippen LogP) is 1.80. The van der Waals surface area contributed by atoms with Crippen LogP contribution in [0.25, 0.3) is 0 Å². The van der Waals surface area contributed by atoms with Gasteiger partial charge in [0.25, 0.3) is 10.0 Å². The monoisotopic (exact) mass is 308 g/mol. The fraction of sp³-hybridized carbons (Fsp3) is 0.357. The molecule has 114 valence electrons. The Labute approximate surface area is 125 Å². The number of sulfonamides is 1. The molecule has 1 aromatic carbocycles. The Kier molecular flexibility index (Phi) is 4.34. The normalized spacial score (nSPS) is 13.1. The van der Waals surface area contributed by atoms with Gasteiger partial charge in [-0.2, -0.15) is 5.10 Å². The minimum atomic E-state index is -3.62. The summed E-state index contributed by atoms with van der Waals surface area (Å²) in [7, 11) is -1.86. The fourth-order valence-electron chi connectivity index (χ4n) is 2.04. The van der Waals surface area contributed by atoms with E-state index in [2.05, 4.69) is 9.82 Å². The molecule has 6 nitrogen and oxygen atoms in total. The van der Waals surface area contributed by atoms with E-state index in [1.54, 1.807) is 42.2 Å². The van der Waals surface area contributed by atoms with Gasteiger partial charge in [-0.15, -0.1) is 0 Å². The number of nitrogens with one attached hydrogen (secondary N) is 1. The molecule has 21 heavy (non-hydrogen) atoms. The van der Waals surface area contributed by atoms with Crippen molar-refractivity contribution in [2.45, 2.75) is 31.2 Å². The molecule has 0 aliphatic heterocycles. The van der Waals surface area contributed by atoms with Crippen LogP contribution in [0.4, 0.5) is 5.69 Å². The van der Waals surface area contributed by atoms with Crippen molar-refractivity contribution in [1.82, 2.24) is 9.78 Å². The zero-order valence-electron chi connectivity index (χ0n) is 12.4. The Bertz CT molecular complexity index is 718. The maximum Gasteiger partial charge on any atom is 0.262 e. The first kappa shape index (κ1) is 15.5. The first-order chi connectivity index (χ1) is 9.83. The molecule has 7 heteroatoms. The quantitative estimate of drug-likeness (QED) is 0.881. The lowest BCUT2D eigenvalue weighted by Crippen LogP contribution is -2.14. The molecule has 0 fully saturated rings. The number of rotatable bonds is 5. The van der Waals surface area contributed by atoms with Crippen molar-refractivity contribution in [3.8, 4) is 0 Å². The average Bonchev–Trinajstić information content (AvgIpc) is 2.78. The van der Waals surface area contributed by atoms with Gasteiger partial charge in [0.2, 0.25) is 0 Å². The molecule has 1 aromatic heterocycles. The van der Waals surface area contributed by atoms with Crippen LogP contribution in [0.1, 0.15) is 31.1 Å². The summed E-state index contributed by atoms with van der Waals surface area (Å²) >= 11 is 0. The fourth-order valence-corrected chi connectivity index (χ4v) is 3.11. The molecule has 0 saturated carbocycles. The van der Waals surface area contributed by atoms with Gasteiger partial charge < -0.3 is 5.73 Å². The van der Waals surface area contributed by atoms with E-state index in [1.807, 2.05) is 13.8 Å². The van der Waals surface area contributed by atoms with Crippen LogP contribution >= 0.6 is 0 Å². The summed E-state index contributed by atoms with van der Waals surface area (Å²) in [6.45, 7) is 3.78. The third-order valence-electron chi connectivity index (χ3n) is 3.20. The maximum atomic E-state index is 12.4. The average molecular weight is 308 g/mol. The number of aromatic nitrogens is 2. The smallest absolute Gasteiger partial charge is 0.262 e. The van der Waals surface area contributed by atoms with Crippen molar-refractivity contribution in [2.75, 3.05) is 4.72 Å². The number of nitrogens with zero attached hydrogens (tertiary/aromatic N) is 2. The van der Waals surface area contributed by atoms with Gasteiger partial charge in [0.1, 0.15) is 0 Å². The third-order valence-corrected chi connectivity index (χ3v) is 4.58. The topological polar surface area (TPSA) is 90.0 Å². The molecule has 0 bridgehead atoms. The van der Waals surface area contributed by atoms with E-state index < -0.39 is 10.0 Å². The standard InChI is InChI=1S/C14H20N4O2S/c1-4-13-14(9-18(3)16-13)17-21(19,20)12-7-5-11(6-8-12)10(2)15/h5-10,17H,4,15H2,1-3H3. The number of nitrogens with two attached hydrogens (primary N) is 1. The molecular formula is C14H20N4O2S. The highest BCUT2D eigenvalue weighted by molar-refractivity contribution is 7.92. The Morgan fingerprint density at radius 2 is 1.95 bits per heavy atom. The summed E-state index contributed by atoms with van der Waals surface area (Å²) in [5.41, 5.74) is 7.88. The Morgan fingerprint density at radius 1 is 1.33 bits per heavy atom. The molecule has 2 aromatic rings. The lowest BCUT2D eigenvalue weighted by Gasteiger charge is -2.09. The second kappa shape index (κ2) is 5.87. The van der Waals surface area contributed by atoms with E-state index in [0.29, 0.717) is 17.8 Å². The first-order valence-electron chi connectivity index (χ1n) is 6.74. The van der Waals surface area contributed by atoms with Crippen molar-refractivity contribution < 1.29 is 8.42 Å². The SMILES string of the molecule is CCc1nn(C)cc1NS(=O)(=O)c1ccc(C(C)N)cc1. The largest absolute Gasteiger partial charge is 0.324 e. The summed E-state index contributed by atoms with van der Waals surface area (Å²) in [4.78, 5) is 0.206. The highest BCUT2D eigenvalue weighted by Crippen LogP contribution is 2.20. The van der Waals surface area contributed by atoms with Crippen molar-refractivity contribution >= 4 is 15.7 Å². The van der Waals surface area contributed by atoms with Crippen molar-refractivity contribution in [1.29, 1.82) is 0 Å². The minimum absolute atomic E-state index is 0.125. The van der Waals surface area contributed by atoms with Gasteiger partial charge in [0.15, 0.2) is 0 Å². The Balaban J connectivity index is 2.29. The van der Waals surface area contributed by atoms with E-state index in [4.69, 9.17) is 5.73 Å². The van der Waals surface area contributed by atoms with Crippen LogP contribution in [-0.2, 0) is 23.5 Å². The lowest BCUT2D eigenvalue weighted by molar-refractivity contribution is 0.601. The minimum Gasteiger partial charge on any atom is -0.324 e. The Morgan fingerprint density at radius 3 is 2.48 bits per heavy atom. The molecule has 1 unspecified atom stereocenters. The van der Waals surface area contributed by atoms with E-state index in [0.717, 1.165) is 5.56 Å². The van der Waals surface area contributed by atoms with Gasteiger partial charge in [-0.1, -0.05) is 19.1 Å². The molecule has 0 aliphatic carbocycles. The second-order valence-corrected chi connectivity index (χ2v) is 6.66. The van der Waals surface area contributed by atoms with Crippen LogP contribution in [0.3, 0.4) is 0 Å². The molecule has 1 atom stereocenters. The van der Waals surface area contributed by atoms with Gasteiger partial charge in [0.05, 0.1) is 16.3 Å². The maximum absolute atomic E-state index is 12.4. The van der Waals surface area contributed by atoms with Gasteiger partial charge >= 0.3 is 0 Å². The summed E-state index contributed by atoms with van der Waals surface area (Å²) in [5.74, 6) is 0. The summed E-state index contributed by atoms with van der Waals surface area (Å²) < 4.78 is 28.9. The van der Waals surface area contributed by atoms with Crippen LogP contribution in [0.5, 0.6) is 0 Å². The number of benzene rings is 1. The second-order valence-electron chi connectivity index (χ2n) is 4.98.